The van der Waals surface area contributed by atoms with Crippen LogP contribution in [0.4, 0.5) is 0 Å². The number of hydrogen-bond donors (Lipinski definition) is 2. The van der Waals surface area contributed by atoms with Crippen molar-refractivity contribution in [2.24, 2.45) is 11.7 Å². The van der Waals surface area contributed by atoms with Crippen molar-refractivity contribution in [3.63, 3.8) is 0 Å². The molecule has 2 atom stereocenters. The monoisotopic (exact) mass is 241 g/mol. The number of rotatable bonds is 5. The molecule has 0 amide bonds. The van der Waals surface area contributed by atoms with Crippen LogP contribution in [-0.4, -0.2) is 17.8 Å². The first-order chi connectivity index (χ1) is 7.56. The van der Waals surface area contributed by atoms with Crippen LogP contribution < -0.4 is 5.73 Å². The number of aliphatic hydroxyl groups is 1. The largest absolute Gasteiger partial charge is 0.392 e. The summed E-state index contributed by atoms with van der Waals surface area (Å²) in [7, 11) is 0. The minimum absolute atomic E-state index is 0.0731. The molecule has 0 aliphatic heterocycles. The molecule has 3 heteroatoms. The van der Waals surface area contributed by atoms with Crippen molar-refractivity contribution < 1.29 is 5.11 Å². The predicted molar refractivity (Wildman–Crippen MR) is 68.7 cm³/mol. The Morgan fingerprint density at radius 1 is 1.31 bits per heavy atom. The summed E-state index contributed by atoms with van der Waals surface area (Å²) in [4.78, 5) is 0. The van der Waals surface area contributed by atoms with E-state index in [0.717, 1.165) is 12.0 Å². The molecule has 2 nitrogen and oxygen atoms in total. The lowest BCUT2D eigenvalue weighted by Gasteiger charge is -2.24. The highest BCUT2D eigenvalue weighted by Gasteiger charge is 2.22. The minimum Gasteiger partial charge on any atom is -0.392 e. The Kier molecular flexibility index (Phi) is 5.26. The SMILES string of the molecule is CC(C)CC(O)C(CN)c1ccccc1Cl. The molecule has 0 radical (unpaired) electrons. The molecular formula is C13H20ClNO. The molecule has 0 saturated heterocycles. The Bertz CT molecular complexity index is 327. The molecule has 0 aromatic heterocycles. The Morgan fingerprint density at radius 2 is 1.94 bits per heavy atom. The van der Waals surface area contributed by atoms with Gasteiger partial charge >= 0.3 is 0 Å². The van der Waals surface area contributed by atoms with E-state index in [1.54, 1.807) is 0 Å². The molecule has 0 aliphatic carbocycles. The maximum absolute atomic E-state index is 10.1. The smallest absolute Gasteiger partial charge is 0.0623 e. The zero-order valence-corrected chi connectivity index (χ0v) is 10.6. The van der Waals surface area contributed by atoms with E-state index >= 15 is 0 Å². The lowest BCUT2D eigenvalue weighted by Crippen LogP contribution is -2.27. The van der Waals surface area contributed by atoms with Gasteiger partial charge in [0.15, 0.2) is 0 Å². The topological polar surface area (TPSA) is 46.2 Å². The number of nitrogens with two attached hydrogens (primary N) is 1. The lowest BCUT2D eigenvalue weighted by atomic mass is 9.88. The number of benzene rings is 1. The van der Waals surface area contributed by atoms with Crippen LogP contribution in [0.3, 0.4) is 0 Å². The molecule has 1 rings (SSSR count). The van der Waals surface area contributed by atoms with Crippen LogP contribution in [0.2, 0.25) is 5.02 Å². The van der Waals surface area contributed by atoms with Gasteiger partial charge < -0.3 is 10.8 Å². The van der Waals surface area contributed by atoms with Gasteiger partial charge in [-0.25, -0.2) is 0 Å². The maximum Gasteiger partial charge on any atom is 0.0623 e. The predicted octanol–water partition coefficient (Wildman–Crippen LogP) is 2.79. The van der Waals surface area contributed by atoms with Gasteiger partial charge in [0.05, 0.1) is 6.10 Å². The minimum atomic E-state index is -0.426. The van der Waals surface area contributed by atoms with Crippen LogP contribution in [0.1, 0.15) is 31.7 Å². The van der Waals surface area contributed by atoms with E-state index in [1.807, 2.05) is 24.3 Å². The number of halogens is 1. The molecule has 0 saturated carbocycles. The highest BCUT2D eigenvalue weighted by molar-refractivity contribution is 6.31. The van der Waals surface area contributed by atoms with Gasteiger partial charge in [-0.2, -0.15) is 0 Å². The van der Waals surface area contributed by atoms with Gasteiger partial charge in [-0.1, -0.05) is 43.6 Å². The third kappa shape index (κ3) is 3.48. The molecule has 1 aromatic carbocycles. The molecule has 1 aromatic rings. The van der Waals surface area contributed by atoms with E-state index in [0.29, 0.717) is 17.5 Å². The lowest BCUT2D eigenvalue weighted by molar-refractivity contribution is 0.121. The van der Waals surface area contributed by atoms with Crippen molar-refractivity contribution in [2.75, 3.05) is 6.54 Å². The summed E-state index contributed by atoms with van der Waals surface area (Å²) in [6, 6.07) is 7.57. The van der Waals surface area contributed by atoms with E-state index in [9.17, 15) is 5.11 Å². The fourth-order valence-electron chi connectivity index (χ4n) is 1.91. The molecule has 16 heavy (non-hydrogen) atoms. The fraction of sp³-hybridized carbons (Fsp3) is 0.538. The third-order valence-electron chi connectivity index (χ3n) is 2.74. The van der Waals surface area contributed by atoms with E-state index in [2.05, 4.69) is 13.8 Å². The highest BCUT2D eigenvalue weighted by Crippen LogP contribution is 2.28. The van der Waals surface area contributed by atoms with Crippen molar-refractivity contribution >= 4 is 11.6 Å². The first-order valence-electron chi connectivity index (χ1n) is 5.68. The van der Waals surface area contributed by atoms with Crippen LogP contribution in [-0.2, 0) is 0 Å². The van der Waals surface area contributed by atoms with E-state index < -0.39 is 6.10 Å². The van der Waals surface area contributed by atoms with Gasteiger partial charge in [-0.15, -0.1) is 0 Å². The first kappa shape index (κ1) is 13.5. The number of hydrogen-bond acceptors (Lipinski definition) is 2. The summed E-state index contributed by atoms with van der Waals surface area (Å²) in [6.07, 6.45) is 0.317. The van der Waals surface area contributed by atoms with Crippen LogP contribution in [0.25, 0.3) is 0 Å². The number of aliphatic hydroxyl groups excluding tert-OH is 1. The summed E-state index contributed by atoms with van der Waals surface area (Å²) in [5.74, 6) is 0.377. The van der Waals surface area contributed by atoms with Gasteiger partial charge in [-0.3, -0.25) is 0 Å². The van der Waals surface area contributed by atoms with E-state index in [4.69, 9.17) is 17.3 Å². The Balaban J connectivity index is 2.86. The van der Waals surface area contributed by atoms with Crippen LogP contribution in [0, 0.1) is 5.92 Å². The van der Waals surface area contributed by atoms with E-state index in [1.165, 1.54) is 0 Å². The van der Waals surface area contributed by atoms with Crippen LogP contribution in [0.5, 0.6) is 0 Å². The Hall–Kier alpha value is -0.570. The van der Waals surface area contributed by atoms with Crippen molar-refractivity contribution in [3.8, 4) is 0 Å². The molecular weight excluding hydrogens is 222 g/mol. The zero-order chi connectivity index (χ0) is 12.1. The highest BCUT2D eigenvalue weighted by atomic mass is 35.5. The first-order valence-corrected chi connectivity index (χ1v) is 6.06. The van der Waals surface area contributed by atoms with Crippen LogP contribution >= 0.6 is 11.6 Å². The summed E-state index contributed by atoms with van der Waals surface area (Å²) in [5, 5.41) is 10.8. The standard InChI is InChI=1S/C13H20ClNO/c1-9(2)7-13(16)11(8-15)10-5-3-4-6-12(10)14/h3-6,9,11,13,16H,7-8,15H2,1-2H3. The average molecular weight is 242 g/mol. The average Bonchev–Trinajstić information content (AvgIpc) is 2.20. The molecule has 0 spiro atoms. The molecule has 0 heterocycles. The van der Waals surface area contributed by atoms with Gasteiger partial charge in [0.25, 0.3) is 0 Å². The van der Waals surface area contributed by atoms with Gasteiger partial charge in [-0.05, 0) is 24.0 Å². The summed E-state index contributed by atoms with van der Waals surface area (Å²) in [5.41, 5.74) is 6.68. The van der Waals surface area contributed by atoms with Gasteiger partial charge in [0.2, 0.25) is 0 Å². The molecule has 2 unspecified atom stereocenters. The second kappa shape index (κ2) is 6.24. The maximum atomic E-state index is 10.1. The summed E-state index contributed by atoms with van der Waals surface area (Å²) < 4.78 is 0. The quantitative estimate of drug-likeness (QED) is 0.833. The summed E-state index contributed by atoms with van der Waals surface area (Å²) in [6.45, 7) is 4.59. The van der Waals surface area contributed by atoms with E-state index in [-0.39, 0.29) is 5.92 Å². The zero-order valence-electron chi connectivity index (χ0n) is 9.86. The molecule has 90 valence electrons. The van der Waals surface area contributed by atoms with Gasteiger partial charge in [0, 0.05) is 17.5 Å². The van der Waals surface area contributed by atoms with Crippen molar-refractivity contribution in [1.29, 1.82) is 0 Å². The Labute approximate surface area is 102 Å². The van der Waals surface area contributed by atoms with Gasteiger partial charge in [0.1, 0.15) is 0 Å². The van der Waals surface area contributed by atoms with Crippen molar-refractivity contribution in [3.05, 3.63) is 34.9 Å². The normalized spacial score (nSPS) is 15.1. The fourth-order valence-corrected chi connectivity index (χ4v) is 2.19. The molecule has 3 N–H and O–H groups in total. The van der Waals surface area contributed by atoms with Crippen LogP contribution in [0.15, 0.2) is 24.3 Å². The Morgan fingerprint density at radius 3 is 2.44 bits per heavy atom. The molecule has 0 aliphatic rings. The second-order valence-corrected chi connectivity index (χ2v) is 4.97. The molecule has 0 bridgehead atoms. The van der Waals surface area contributed by atoms with Crippen molar-refractivity contribution in [1.82, 2.24) is 0 Å². The summed E-state index contributed by atoms with van der Waals surface area (Å²) >= 11 is 6.11. The molecule has 0 fully saturated rings. The second-order valence-electron chi connectivity index (χ2n) is 4.56. The third-order valence-corrected chi connectivity index (χ3v) is 3.08. The van der Waals surface area contributed by atoms with Crippen molar-refractivity contribution in [2.45, 2.75) is 32.3 Å².